The number of hydrogen-bond acceptors (Lipinski definition) is 7. The van der Waals surface area contributed by atoms with E-state index in [-0.39, 0.29) is 0 Å². The van der Waals surface area contributed by atoms with Gasteiger partial charge in [-0.2, -0.15) is 4.98 Å². The van der Waals surface area contributed by atoms with Gasteiger partial charge < -0.3 is 24.8 Å². The summed E-state index contributed by atoms with van der Waals surface area (Å²) in [5.41, 5.74) is 3.82. The highest BCUT2D eigenvalue weighted by molar-refractivity contribution is 5.66. The summed E-state index contributed by atoms with van der Waals surface area (Å²) in [6.07, 6.45) is 1.01. The molecule has 0 spiro atoms. The van der Waals surface area contributed by atoms with E-state index in [4.69, 9.17) is 14.2 Å². The molecule has 3 aromatic rings. The van der Waals surface area contributed by atoms with Crippen LogP contribution in [0.1, 0.15) is 18.2 Å². The molecule has 0 bridgehead atoms. The Bertz CT molecular complexity index is 949. The molecule has 0 amide bonds. The van der Waals surface area contributed by atoms with Crippen molar-refractivity contribution in [2.75, 3.05) is 32.0 Å². The standard InChI is InChI=1S/C22H26N4O3/c1-6-15-7-9-16(10-8-15)24-20-11-14(2)23-22(26-20)25-17-12-18(27-3)21(29-5)19(13-17)28-4/h7-13H,6H2,1-5H3,(H2,23,24,25,26). The van der Waals surface area contributed by atoms with Crippen LogP contribution in [0.3, 0.4) is 0 Å². The van der Waals surface area contributed by atoms with E-state index in [9.17, 15) is 0 Å². The van der Waals surface area contributed by atoms with E-state index < -0.39 is 0 Å². The Morgan fingerprint density at radius 3 is 2.00 bits per heavy atom. The molecule has 0 radical (unpaired) electrons. The van der Waals surface area contributed by atoms with Crippen LogP contribution in [-0.4, -0.2) is 31.3 Å². The largest absolute Gasteiger partial charge is 0.493 e. The summed E-state index contributed by atoms with van der Waals surface area (Å²) in [6, 6.07) is 13.8. The third kappa shape index (κ3) is 4.87. The van der Waals surface area contributed by atoms with Crippen LogP contribution in [0.15, 0.2) is 42.5 Å². The van der Waals surface area contributed by atoms with Gasteiger partial charge in [0.15, 0.2) is 11.5 Å². The number of rotatable bonds is 8. The minimum Gasteiger partial charge on any atom is -0.493 e. The molecule has 3 rings (SSSR count). The summed E-state index contributed by atoms with van der Waals surface area (Å²) in [7, 11) is 4.73. The van der Waals surface area contributed by atoms with E-state index in [0.717, 1.165) is 23.5 Å². The van der Waals surface area contributed by atoms with Crippen molar-refractivity contribution in [2.24, 2.45) is 0 Å². The SMILES string of the molecule is CCc1ccc(Nc2cc(C)nc(Nc3cc(OC)c(OC)c(OC)c3)n2)cc1. The van der Waals surface area contributed by atoms with Gasteiger partial charge in [-0.15, -0.1) is 0 Å². The number of benzene rings is 2. The van der Waals surface area contributed by atoms with E-state index in [0.29, 0.717) is 29.0 Å². The molecule has 0 aliphatic carbocycles. The Kier molecular flexibility index (Phi) is 6.39. The van der Waals surface area contributed by atoms with Gasteiger partial charge >= 0.3 is 0 Å². The van der Waals surface area contributed by atoms with Crippen molar-refractivity contribution in [3.05, 3.63) is 53.7 Å². The van der Waals surface area contributed by atoms with Crippen molar-refractivity contribution < 1.29 is 14.2 Å². The molecule has 0 fully saturated rings. The van der Waals surface area contributed by atoms with Crippen LogP contribution >= 0.6 is 0 Å². The van der Waals surface area contributed by atoms with Crippen molar-refractivity contribution in [1.82, 2.24) is 9.97 Å². The van der Waals surface area contributed by atoms with Gasteiger partial charge in [0.2, 0.25) is 11.7 Å². The van der Waals surface area contributed by atoms with Crippen LogP contribution in [0.5, 0.6) is 17.2 Å². The molecule has 1 aromatic heterocycles. The van der Waals surface area contributed by atoms with Gasteiger partial charge in [-0.05, 0) is 31.0 Å². The van der Waals surface area contributed by atoms with Crippen molar-refractivity contribution in [2.45, 2.75) is 20.3 Å². The first kappa shape index (κ1) is 20.3. The molecule has 0 atom stereocenters. The van der Waals surface area contributed by atoms with Crippen LogP contribution in [-0.2, 0) is 6.42 Å². The van der Waals surface area contributed by atoms with Crippen LogP contribution in [0.4, 0.5) is 23.1 Å². The molecule has 7 nitrogen and oxygen atoms in total. The number of aryl methyl sites for hydroxylation is 2. The maximum atomic E-state index is 5.40. The lowest BCUT2D eigenvalue weighted by Gasteiger charge is -2.15. The van der Waals surface area contributed by atoms with Crippen molar-refractivity contribution in [1.29, 1.82) is 0 Å². The first-order chi connectivity index (χ1) is 14.1. The summed E-state index contributed by atoms with van der Waals surface area (Å²) < 4.78 is 16.2. The molecule has 0 unspecified atom stereocenters. The van der Waals surface area contributed by atoms with E-state index in [1.54, 1.807) is 21.3 Å². The van der Waals surface area contributed by atoms with Crippen LogP contribution < -0.4 is 24.8 Å². The van der Waals surface area contributed by atoms with E-state index >= 15 is 0 Å². The van der Waals surface area contributed by atoms with Crippen molar-refractivity contribution >= 4 is 23.1 Å². The second-order valence-corrected chi connectivity index (χ2v) is 6.43. The van der Waals surface area contributed by atoms with Gasteiger partial charge in [0.05, 0.1) is 21.3 Å². The Morgan fingerprint density at radius 1 is 0.793 bits per heavy atom. The summed E-state index contributed by atoms with van der Waals surface area (Å²) in [4.78, 5) is 9.05. The molecule has 2 N–H and O–H groups in total. The molecule has 0 aliphatic rings. The molecule has 152 valence electrons. The molecule has 0 saturated carbocycles. The fraction of sp³-hybridized carbons (Fsp3) is 0.273. The van der Waals surface area contributed by atoms with Gasteiger partial charge in [0.25, 0.3) is 0 Å². The molecular formula is C22H26N4O3. The smallest absolute Gasteiger partial charge is 0.229 e. The Labute approximate surface area is 171 Å². The van der Waals surface area contributed by atoms with E-state index in [2.05, 4.69) is 39.7 Å². The average molecular weight is 394 g/mol. The number of methoxy groups -OCH3 is 3. The van der Waals surface area contributed by atoms with Gasteiger partial charge in [-0.3, -0.25) is 0 Å². The molecular weight excluding hydrogens is 368 g/mol. The summed E-state index contributed by atoms with van der Waals surface area (Å²) in [5, 5.41) is 6.54. The zero-order valence-corrected chi connectivity index (χ0v) is 17.4. The zero-order chi connectivity index (χ0) is 20.8. The fourth-order valence-corrected chi connectivity index (χ4v) is 2.94. The first-order valence-corrected chi connectivity index (χ1v) is 9.35. The van der Waals surface area contributed by atoms with Crippen molar-refractivity contribution in [3.8, 4) is 17.2 Å². The molecule has 0 saturated heterocycles. The lowest BCUT2D eigenvalue weighted by Crippen LogP contribution is -2.03. The summed E-state index contributed by atoms with van der Waals surface area (Å²) in [5.74, 6) is 2.81. The maximum Gasteiger partial charge on any atom is 0.229 e. The van der Waals surface area contributed by atoms with Gasteiger partial charge in [-0.1, -0.05) is 19.1 Å². The maximum absolute atomic E-state index is 5.40. The lowest BCUT2D eigenvalue weighted by molar-refractivity contribution is 0.324. The van der Waals surface area contributed by atoms with Crippen LogP contribution in [0, 0.1) is 6.92 Å². The molecule has 7 heteroatoms. The molecule has 2 aromatic carbocycles. The topological polar surface area (TPSA) is 77.5 Å². The Morgan fingerprint density at radius 2 is 1.45 bits per heavy atom. The van der Waals surface area contributed by atoms with E-state index in [1.807, 2.05) is 37.3 Å². The minimum atomic E-state index is 0.465. The number of ether oxygens (including phenoxy) is 3. The molecule has 0 aliphatic heterocycles. The van der Waals surface area contributed by atoms with Gasteiger partial charge in [-0.25, -0.2) is 4.98 Å². The number of nitrogens with zero attached hydrogens (tertiary/aromatic N) is 2. The highest BCUT2D eigenvalue weighted by Gasteiger charge is 2.14. The minimum absolute atomic E-state index is 0.465. The Hall–Kier alpha value is -3.48. The predicted molar refractivity (Wildman–Crippen MR) is 115 cm³/mol. The van der Waals surface area contributed by atoms with Crippen molar-refractivity contribution in [3.63, 3.8) is 0 Å². The predicted octanol–water partition coefficient (Wildman–Crippen LogP) is 4.86. The zero-order valence-electron chi connectivity index (χ0n) is 17.4. The fourth-order valence-electron chi connectivity index (χ4n) is 2.94. The first-order valence-electron chi connectivity index (χ1n) is 9.35. The van der Waals surface area contributed by atoms with Gasteiger partial charge in [0, 0.05) is 35.3 Å². The monoisotopic (exact) mass is 394 g/mol. The third-order valence-electron chi connectivity index (χ3n) is 4.41. The number of hydrogen-bond donors (Lipinski definition) is 2. The highest BCUT2D eigenvalue weighted by atomic mass is 16.5. The lowest BCUT2D eigenvalue weighted by atomic mass is 10.1. The average Bonchev–Trinajstić information content (AvgIpc) is 2.73. The normalized spacial score (nSPS) is 10.4. The van der Waals surface area contributed by atoms with E-state index in [1.165, 1.54) is 5.56 Å². The summed E-state index contributed by atoms with van der Waals surface area (Å²) >= 11 is 0. The number of anilines is 4. The quantitative estimate of drug-likeness (QED) is 0.565. The molecule has 1 heterocycles. The second-order valence-electron chi connectivity index (χ2n) is 6.43. The Balaban J connectivity index is 1.86. The number of nitrogens with one attached hydrogen (secondary N) is 2. The highest BCUT2D eigenvalue weighted by Crippen LogP contribution is 2.40. The van der Waals surface area contributed by atoms with Gasteiger partial charge in [0.1, 0.15) is 5.82 Å². The van der Waals surface area contributed by atoms with Crippen LogP contribution in [0.25, 0.3) is 0 Å². The summed E-state index contributed by atoms with van der Waals surface area (Å²) in [6.45, 7) is 4.06. The second kappa shape index (κ2) is 9.14. The molecule has 29 heavy (non-hydrogen) atoms. The van der Waals surface area contributed by atoms with Crippen LogP contribution in [0.2, 0.25) is 0 Å². The number of aromatic nitrogens is 2. The third-order valence-corrected chi connectivity index (χ3v) is 4.41.